The Morgan fingerprint density at radius 1 is 0.944 bits per heavy atom. The lowest BCUT2D eigenvalue weighted by Gasteiger charge is -2.36. The van der Waals surface area contributed by atoms with Crippen LogP contribution in [0, 0.1) is 11.6 Å². The van der Waals surface area contributed by atoms with E-state index < -0.39 is 17.7 Å². The summed E-state index contributed by atoms with van der Waals surface area (Å²) in [5.41, 5.74) is 1.72. The molecule has 0 bridgehead atoms. The van der Waals surface area contributed by atoms with Crippen LogP contribution in [0.4, 0.5) is 8.78 Å². The largest absolute Gasteiger partial charge is 0.497 e. The van der Waals surface area contributed by atoms with E-state index in [4.69, 9.17) is 21.1 Å². The summed E-state index contributed by atoms with van der Waals surface area (Å²) in [6, 6.07) is 18.6. The molecule has 190 valence electrons. The average molecular weight is 515 g/mol. The predicted molar refractivity (Wildman–Crippen MR) is 135 cm³/mol. The molecule has 5 nitrogen and oxygen atoms in total. The number of hydrogen-bond donors (Lipinski definition) is 0. The molecule has 4 rings (SSSR count). The van der Waals surface area contributed by atoms with E-state index in [0.29, 0.717) is 44.2 Å². The molecule has 0 N–H and O–H groups in total. The number of halogens is 3. The molecule has 1 heterocycles. The van der Waals surface area contributed by atoms with E-state index in [0.717, 1.165) is 16.9 Å². The first kappa shape index (κ1) is 26.1. The van der Waals surface area contributed by atoms with Gasteiger partial charge in [-0.25, -0.2) is 8.78 Å². The quantitative estimate of drug-likeness (QED) is 0.390. The molecular weight excluding hydrogens is 486 g/mol. The molecule has 1 saturated heterocycles. The molecule has 0 spiro atoms. The van der Waals surface area contributed by atoms with E-state index in [1.54, 1.807) is 19.2 Å². The van der Waals surface area contributed by atoms with Gasteiger partial charge < -0.3 is 14.4 Å². The number of rotatable bonds is 9. The van der Waals surface area contributed by atoms with Crippen LogP contribution in [0.1, 0.15) is 22.8 Å². The smallest absolute Gasteiger partial charge is 0.227 e. The molecule has 0 saturated carbocycles. The van der Waals surface area contributed by atoms with E-state index >= 15 is 0 Å². The highest BCUT2D eigenvalue weighted by molar-refractivity contribution is 6.30. The summed E-state index contributed by atoms with van der Waals surface area (Å²) in [6.07, 6.45) is -0.0721. The first-order valence-electron chi connectivity index (χ1n) is 11.9. The Labute approximate surface area is 215 Å². The number of carbonyl (C=O) groups excluding carboxylic acids is 1. The van der Waals surface area contributed by atoms with Crippen molar-refractivity contribution in [2.24, 2.45) is 0 Å². The summed E-state index contributed by atoms with van der Waals surface area (Å²) in [5, 5.41) is 0.599. The van der Waals surface area contributed by atoms with Crippen LogP contribution in [0.3, 0.4) is 0 Å². The number of ether oxygens (including phenoxy) is 2. The van der Waals surface area contributed by atoms with E-state index in [1.165, 1.54) is 18.2 Å². The molecular formula is C28H29ClF2N2O3. The molecule has 1 amide bonds. The Hall–Kier alpha value is -3.00. The van der Waals surface area contributed by atoms with Gasteiger partial charge in [0.25, 0.3) is 0 Å². The summed E-state index contributed by atoms with van der Waals surface area (Å²) in [4.78, 5) is 16.9. The Balaban J connectivity index is 1.36. The third kappa shape index (κ3) is 6.81. The minimum absolute atomic E-state index is 0.0837. The lowest BCUT2D eigenvalue weighted by atomic mass is 10.1. The van der Waals surface area contributed by atoms with E-state index in [9.17, 15) is 13.6 Å². The Kier molecular flexibility index (Phi) is 8.91. The number of hydrogen-bond acceptors (Lipinski definition) is 4. The van der Waals surface area contributed by atoms with Gasteiger partial charge in [-0.1, -0.05) is 41.9 Å². The van der Waals surface area contributed by atoms with Crippen LogP contribution in [-0.2, 0) is 22.6 Å². The molecule has 0 aliphatic carbocycles. The lowest BCUT2D eigenvalue weighted by molar-refractivity contribution is -0.132. The van der Waals surface area contributed by atoms with Crippen molar-refractivity contribution in [1.82, 2.24) is 9.80 Å². The van der Waals surface area contributed by atoms with Crippen molar-refractivity contribution < 1.29 is 23.0 Å². The molecule has 36 heavy (non-hydrogen) atoms. The molecule has 1 fully saturated rings. The fourth-order valence-corrected chi connectivity index (χ4v) is 4.36. The lowest BCUT2D eigenvalue weighted by Crippen LogP contribution is -2.50. The zero-order chi connectivity index (χ0) is 25.5. The molecule has 1 aliphatic rings. The zero-order valence-corrected chi connectivity index (χ0v) is 20.9. The second-order valence-corrected chi connectivity index (χ2v) is 9.19. The van der Waals surface area contributed by atoms with Crippen LogP contribution in [0.15, 0.2) is 66.7 Å². The summed E-state index contributed by atoms with van der Waals surface area (Å²) < 4.78 is 39.5. The SMILES string of the molecule is COc1ccc(CC(=O)N2CCN(CC(OCc3c(F)cccc3F)c3ccc(Cl)cc3)CC2)cc1. The number of benzene rings is 3. The number of piperazine rings is 1. The third-order valence-corrected chi connectivity index (χ3v) is 6.65. The van der Waals surface area contributed by atoms with Crippen molar-refractivity contribution >= 4 is 17.5 Å². The van der Waals surface area contributed by atoms with Crippen molar-refractivity contribution in [3.63, 3.8) is 0 Å². The standard InChI is InChI=1S/C28H29ClF2N2O3/c1-35-23-11-5-20(6-12-23)17-28(34)33-15-13-32(14-16-33)18-27(21-7-9-22(29)10-8-21)36-19-24-25(30)3-2-4-26(24)31/h2-12,27H,13-19H2,1H3. The second kappa shape index (κ2) is 12.3. The topological polar surface area (TPSA) is 42.0 Å². The van der Waals surface area contributed by atoms with Crippen LogP contribution >= 0.6 is 11.6 Å². The molecule has 0 radical (unpaired) electrons. The van der Waals surface area contributed by atoms with Crippen LogP contribution in [0.2, 0.25) is 5.02 Å². The van der Waals surface area contributed by atoms with Gasteiger partial charge in [0, 0.05) is 43.3 Å². The Bertz CT molecular complexity index is 1130. The number of carbonyl (C=O) groups is 1. The van der Waals surface area contributed by atoms with Crippen LogP contribution in [-0.4, -0.2) is 55.5 Å². The summed E-state index contributed by atoms with van der Waals surface area (Å²) >= 11 is 6.05. The van der Waals surface area contributed by atoms with Crippen molar-refractivity contribution in [1.29, 1.82) is 0 Å². The Morgan fingerprint density at radius 2 is 1.58 bits per heavy atom. The molecule has 8 heteroatoms. The van der Waals surface area contributed by atoms with E-state index in [-0.39, 0.29) is 18.1 Å². The highest BCUT2D eigenvalue weighted by atomic mass is 35.5. The number of methoxy groups -OCH3 is 1. The van der Waals surface area contributed by atoms with Gasteiger partial charge in [0.05, 0.1) is 26.2 Å². The van der Waals surface area contributed by atoms with Gasteiger partial charge in [-0.2, -0.15) is 0 Å². The van der Waals surface area contributed by atoms with Crippen LogP contribution in [0.25, 0.3) is 0 Å². The van der Waals surface area contributed by atoms with Gasteiger partial charge >= 0.3 is 0 Å². The van der Waals surface area contributed by atoms with Gasteiger partial charge in [0.2, 0.25) is 5.91 Å². The second-order valence-electron chi connectivity index (χ2n) is 8.76. The molecule has 3 aromatic rings. The average Bonchev–Trinajstić information content (AvgIpc) is 2.89. The predicted octanol–water partition coefficient (Wildman–Crippen LogP) is 5.27. The molecule has 1 unspecified atom stereocenters. The fourth-order valence-electron chi connectivity index (χ4n) is 4.23. The van der Waals surface area contributed by atoms with E-state index in [2.05, 4.69) is 4.90 Å². The monoisotopic (exact) mass is 514 g/mol. The van der Waals surface area contributed by atoms with Crippen LogP contribution < -0.4 is 4.74 Å². The van der Waals surface area contributed by atoms with E-state index in [1.807, 2.05) is 41.3 Å². The molecule has 3 aromatic carbocycles. The maximum Gasteiger partial charge on any atom is 0.227 e. The summed E-state index contributed by atoms with van der Waals surface area (Å²) in [6.45, 7) is 2.89. The van der Waals surface area contributed by atoms with Gasteiger partial charge in [-0.3, -0.25) is 9.69 Å². The summed E-state index contributed by atoms with van der Waals surface area (Å²) in [5.74, 6) is -0.418. The van der Waals surface area contributed by atoms with Gasteiger partial charge in [0.15, 0.2) is 0 Å². The zero-order valence-electron chi connectivity index (χ0n) is 20.1. The summed E-state index contributed by atoms with van der Waals surface area (Å²) in [7, 11) is 1.61. The first-order chi connectivity index (χ1) is 17.4. The van der Waals surface area contributed by atoms with Gasteiger partial charge in [-0.15, -0.1) is 0 Å². The number of nitrogens with zero attached hydrogens (tertiary/aromatic N) is 2. The van der Waals surface area contributed by atoms with Crippen molar-refractivity contribution in [2.45, 2.75) is 19.1 Å². The van der Waals surface area contributed by atoms with Gasteiger partial charge in [0.1, 0.15) is 17.4 Å². The molecule has 0 aromatic heterocycles. The highest BCUT2D eigenvalue weighted by Gasteiger charge is 2.25. The van der Waals surface area contributed by atoms with Crippen LogP contribution in [0.5, 0.6) is 5.75 Å². The third-order valence-electron chi connectivity index (χ3n) is 6.40. The first-order valence-corrected chi connectivity index (χ1v) is 12.2. The van der Waals surface area contributed by atoms with Gasteiger partial charge in [-0.05, 0) is 47.5 Å². The minimum atomic E-state index is -0.631. The highest BCUT2D eigenvalue weighted by Crippen LogP contribution is 2.25. The molecule has 1 aliphatic heterocycles. The maximum absolute atomic E-state index is 14.1. The molecule has 1 atom stereocenters. The fraction of sp³-hybridized carbons (Fsp3) is 0.321. The maximum atomic E-state index is 14.1. The van der Waals surface area contributed by atoms with Crippen molar-refractivity contribution in [3.8, 4) is 5.75 Å². The minimum Gasteiger partial charge on any atom is -0.497 e. The normalized spacial score (nSPS) is 15.1. The Morgan fingerprint density at radius 3 is 2.19 bits per heavy atom. The van der Waals surface area contributed by atoms with Crippen molar-refractivity contribution in [3.05, 3.63) is 100 Å². The van der Waals surface area contributed by atoms with Crippen molar-refractivity contribution in [2.75, 3.05) is 39.8 Å². The number of amides is 1.